The van der Waals surface area contributed by atoms with Crippen molar-refractivity contribution in [2.75, 3.05) is 67.5 Å². The molecule has 1 N–H and O–H groups in total. The van der Waals surface area contributed by atoms with Crippen LogP contribution in [0.25, 0.3) is 0 Å². The number of rotatable bonds is 14. The van der Waals surface area contributed by atoms with Crippen molar-refractivity contribution in [1.82, 2.24) is 9.80 Å². The monoisotopic (exact) mass is 589 g/mol. The van der Waals surface area contributed by atoms with Crippen LogP contribution in [0.1, 0.15) is 38.8 Å². The fourth-order valence-corrected chi connectivity index (χ4v) is 6.17. The van der Waals surface area contributed by atoms with E-state index < -0.39 is 0 Å². The molecule has 5 rings (SSSR count). The van der Waals surface area contributed by atoms with Crippen LogP contribution >= 0.6 is 0 Å². The highest BCUT2D eigenvalue weighted by Gasteiger charge is 2.20. The number of para-hydroxylation sites is 1. The lowest BCUT2D eigenvalue weighted by atomic mass is 10.0. The largest absolute Gasteiger partial charge is 0.368 e. The quantitative estimate of drug-likeness (QED) is 0.162. The molecule has 1 aliphatic rings. The molecule has 1 fully saturated rings. The summed E-state index contributed by atoms with van der Waals surface area (Å²) in [4.78, 5) is 10.4. The van der Waals surface area contributed by atoms with Gasteiger partial charge in [0, 0.05) is 87.2 Å². The van der Waals surface area contributed by atoms with Crippen molar-refractivity contribution in [3.63, 3.8) is 0 Å². The van der Waals surface area contributed by atoms with Crippen LogP contribution in [0.5, 0.6) is 0 Å². The summed E-state index contributed by atoms with van der Waals surface area (Å²) in [6, 6.07) is 40.1. The molecule has 4 aromatic carbocycles. The Morgan fingerprint density at radius 3 is 1.41 bits per heavy atom. The summed E-state index contributed by atoms with van der Waals surface area (Å²) in [7, 11) is 0. The second kappa shape index (κ2) is 15.8. The van der Waals surface area contributed by atoms with E-state index in [9.17, 15) is 0 Å². The standard InChI is InChI=1S/C39H51N5/c1-32(2)43(38-19-15-35(16-20-38)31-34-11-7-5-8-12-34)29-27-41-23-25-42(26-24-41)28-30-44(33(3)4)39-21-17-37(18-22-39)40-36-13-9-6-10-14-36/h5-22,32-33,40H,23-31H2,1-4H3. The molecule has 0 spiro atoms. The molecule has 4 aromatic rings. The zero-order chi connectivity index (χ0) is 30.7. The predicted octanol–water partition coefficient (Wildman–Crippen LogP) is 7.77. The SMILES string of the molecule is CC(C)N(CCN1CCN(CCN(c2ccc(Nc3ccccc3)cc2)C(C)C)CC1)c1ccc(Cc2ccccc2)cc1. The van der Waals surface area contributed by atoms with Crippen molar-refractivity contribution in [3.8, 4) is 0 Å². The number of nitrogens with one attached hydrogen (secondary N) is 1. The summed E-state index contributed by atoms with van der Waals surface area (Å²) in [6.45, 7) is 18.1. The number of piperazine rings is 1. The molecule has 1 aliphatic heterocycles. The number of hydrogen-bond acceptors (Lipinski definition) is 5. The van der Waals surface area contributed by atoms with Gasteiger partial charge >= 0.3 is 0 Å². The second-order valence-electron chi connectivity index (χ2n) is 12.6. The van der Waals surface area contributed by atoms with Crippen molar-refractivity contribution < 1.29 is 0 Å². The molecule has 0 atom stereocenters. The van der Waals surface area contributed by atoms with E-state index in [0.717, 1.165) is 70.2 Å². The van der Waals surface area contributed by atoms with E-state index in [2.05, 4.69) is 156 Å². The summed E-state index contributed by atoms with van der Waals surface area (Å²) in [5.74, 6) is 0. The number of benzene rings is 4. The third-order valence-electron chi connectivity index (χ3n) is 8.81. The molecule has 1 heterocycles. The number of nitrogens with zero attached hydrogens (tertiary/aromatic N) is 4. The predicted molar refractivity (Wildman–Crippen MR) is 190 cm³/mol. The van der Waals surface area contributed by atoms with Crippen LogP contribution in [-0.4, -0.2) is 74.2 Å². The van der Waals surface area contributed by atoms with E-state index in [4.69, 9.17) is 0 Å². The zero-order valence-electron chi connectivity index (χ0n) is 27.2. The van der Waals surface area contributed by atoms with E-state index in [0.29, 0.717) is 12.1 Å². The number of hydrogen-bond donors (Lipinski definition) is 1. The fourth-order valence-electron chi connectivity index (χ4n) is 6.17. The highest BCUT2D eigenvalue weighted by molar-refractivity contribution is 5.63. The first kappa shape index (κ1) is 31.6. The Bertz CT molecular complexity index is 1250. The molecular weight excluding hydrogens is 538 g/mol. The van der Waals surface area contributed by atoms with Crippen LogP contribution in [0.2, 0.25) is 0 Å². The van der Waals surface area contributed by atoms with Gasteiger partial charge in [-0.25, -0.2) is 0 Å². The summed E-state index contributed by atoms with van der Waals surface area (Å²) in [5.41, 5.74) is 7.59. The van der Waals surface area contributed by atoms with Gasteiger partial charge in [0.25, 0.3) is 0 Å². The van der Waals surface area contributed by atoms with Crippen molar-refractivity contribution in [1.29, 1.82) is 0 Å². The molecule has 0 amide bonds. The lowest BCUT2D eigenvalue weighted by molar-refractivity contribution is 0.136. The minimum atomic E-state index is 0.457. The van der Waals surface area contributed by atoms with E-state index in [1.54, 1.807) is 0 Å². The molecule has 0 aliphatic carbocycles. The van der Waals surface area contributed by atoms with Crippen LogP contribution in [0.3, 0.4) is 0 Å². The zero-order valence-corrected chi connectivity index (χ0v) is 27.2. The van der Waals surface area contributed by atoms with Gasteiger partial charge in [-0.15, -0.1) is 0 Å². The second-order valence-corrected chi connectivity index (χ2v) is 12.6. The van der Waals surface area contributed by atoms with E-state index in [-0.39, 0.29) is 0 Å². The van der Waals surface area contributed by atoms with Crippen LogP contribution < -0.4 is 15.1 Å². The van der Waals surface area contributed by atoms with E-state index in [1.165, 1.54) is 22.5 Å². The minimum absolute atomic E-state index is 0.457. The van der Waals surface area contributed by atoms with Gasteiger partial charge in [-0.3, -0.25) is 9.80 Å². The van der Waals surface area contributed by atoms with Crippen LogP contribution in [0.15, 0.2) is 109 Å². The summed E-state index contributed by atoms with van der Waals surface area (Å²) < 4.78 is 0. The third-order valence-corrected chi connectivity index (χ3v) is 8.81. The lowest BCUT2D eigenvalue weighted by Crippen LogP contribution is -2.50. The van der Waals surface area contributed by atoms with Gasteiger partial charge in [0.1, 0.15) is 0 Å². The molecule has 232 valence electrons. The first-order valence-electron chi connectivity index (χ1n) is 16.5. The summed E-state index contributed by atoms with van der Waals surface area (Å²) in [5, 5.41) is 3.50. The topological polar surface area (TPSA) is 25.0 Å². The molecule has 5 nitrogen and oxygen atoms in total. The van der Waals surface area contributed by atoms with Crippen LogP contribution in [-0.2, 0) is 6.42 Å². The van der Waals surface area contributed by atoms with Gasteiger partial charge in [0.2, 0.25) is 0 Å². The Labute approximate surface area is 266 Å². The Kier molecular flexibility index (Phi) is 11.3. The normalized spacial score (nSPS) is 14.2. The lowest BCUT2D eigenvalue weighted by Gasteiger charge is -2.38. The minimum Gasteiger partial charge on any atom is -0.368 e. The van der Waals surface area contributed by atoms with Crippen LogP contribution in [0.4, 0.5) is 22.7 Å². The third kappa shape index (κ3) is 9.10. The maximum Gasteiger partial charge on any atom is 0.0385 e. The number of anilines is 4. The maximum atomic E-state index is 3.50. The van der Waals surface area contributed by atoms with Gasteiger partial charge in [-0.1, -0.05) is 60.7 Å². The molecule has 0 aromatic heterocycles. The average molecular weight is 590 g/mol. The first-order valence-corrected chi connectivity index (χ1v) is 16.5. The van der Waals surface area contributed by atoms with Gasteiger partial charge in [0.15, 0.2) is 0 Å². The van der Waals surface area contributed by atoms with Crippen molar-refractivity contribution in [3.05, 3.63) is 120 Å². The van der Waals surface area contributed by atoms with Gasteiger partial charge in [-0.05, 0) is 93.8 Å². The van der Waals surface area contributed by atoms with Gasteiger partial charge in [-0.2, -0.15) is 0 Å². The Morgan fingerprint density at radius 2 is 0.932 bits per heavy atom. The smallest absolute Gasteiger partial charge is 0.0385 e. The highest BCUT2D eigenvalue weighted by atomic mass is 15.3. The molecule has 0 unspecified atom stereocenters. The Balaban J connectivity index is 1.06. The maximum absolute atomic E-state index is 3.50. The van der Waals surface area contributed by atoms with Crippen LogP contribution in [0, 0.1) is 0 Å². The molecular formula is C39H51N5. The molecule has 5 heteroatoms. The van der Waals surface area contributed by atoms with E-state index in [1.807, 2.05) is 6.07 Å². The molecule has 44 heavy (non-hydrogen) atoms. The molecule has 0 saturated carbocycles. The van der Waals surface area contributed by atoms with E-state index >= 15 is 0 Å². The summed E-state index contributed by atoms with van der Waals surface area (Å²) in [6.07, 6.45) is 0.987. The van der Waals surface area contributed by atoms with Crippen molar-refractivity contribution in [2.24, 2.45) is 0 Å². The average Bonchev–Trinajstić information content (AvgIpc) is 3.04. The fraction of sp³-hybridized carbons (Fsp3) is 0.385. The Morgan fingerprint density at radius 1 is 0.523 bits per heavy atom. The van der Waals surface area contributed by atoms with Gasteiger partial charge < -0.3 is 15.1 Å². The summed E-state index contributed by atoms with van der Waals surface area (Å²) >= 11 is 0. The van der Waals surface area contributed by atoms with Crippen molar-refractivity contribution in [2.45, 2.75) is 46.2 Å². The first-order chi connectivity index (χ1) is 21.4. The van der Waals surface area contributed by atoms with Gasteiger partial charge in [0.05, 0.1) is 0 Å². The molecule has 0 radical (unpaired) electrons. The molecule has 0 bridgehead atoms. The molecule has 1 saturated heterocycles. The van der Waals surface area contributed by atoms with Crippen molar-refractivity contribution >= 4 is 22.7 Å². The highest BCUT2D eigenvalue weighted by Crippen LogP contribution is 2.23. The Hall–Kier alpha value is -3.80.